The van der Waals surface area contributed by atoms with Gasteiger partial charge in [0.15, 0.2) is 0 Å². The van der Waals surface area contributed by atoms with Gasteiger partial charge in [0.05, 0.1) is 11.1 Å². The summed E-state index contributed by atoms with van der Waals surface area (Å²) in [4.78, 5) is 25.8. The van der Waals surface area contributed by atoms with Crippen LogP contribution in [0.5, 0.6) is 0 Å². The molecule has 3 atom stereocenters. The van der Waals surface area contributed by atoms with Gasteiger partial charge in [-0.15, -0.1) is 0 Å². The van der Waals surface area contributed by atoms with Crippen molar-refractivity contribution in [1.29, 1.82) is 0 Å². The molecule has 2 aliphatic heterocycles. The summed E-state index contributed by atoms with van der Waals surface area (Å²) < 4.78 is 44.4. The van der Waals surface area contributed by atoms with E-state index in [2.05, 4.69) is 5.32 Å². The first-order valence-corrected chi connectivity index (χ1v) is 9.58. The van der Waals surface area contributed by atoms with E-state index in [0.717, 1.165) is 5.56 Å². The molecule has 1 aromatic rings. The Balaban J connectivity index is 1.20. The van der Waals surface area contributed by atoms with Crippen molar-refractivity contribution in [2.24, 2.45) is 17.8 Å². The summed E-state index contributed by atoms with van der Waals surface area (Å²) in [6, 6.07) is 4.61. The van der Waals surface area contributed by atoms with E-state index in [1.165, 1.54) is 13.0 Å². The van der Waals surface area contributed by atoms with Crippen LogP contribution in [-0.2, 0) is 15.7 Å². The second-order valence-electron chi connectivity index (χ2n) is 8.76. The second kappa shape index (κ2) is 5.64. The highest BCUT2D eigenvalue weighted by Gasteiger charge is 2.60. The summed E-state index contributed by atoms with van der Waals surface area (Å²) in [6.45, 7) is 3.01. The van der Waals surface area contributed by atoms with Gasteiger partial charge >= 0.3 is 12.3 Å². The highest BCUT2D eigenvalue weighted by molar-refractivity contribution is 5.82. The third-order valence-corrected chi connectivity index (χ3v) is 6.93. The Hall–Kier alpha value is -2.25. The van der Waals surface area contributed by atoms with Crippen LogP contribution in [-0.4, -0.2) is 42.1 Å². The molecule has 4 aliphatic rings. The third-order valence-electron chi connectivity index (χ3n) is 6.93. The minimum absolute atomic E-state index is 0.0950. The summed E-state index contributed by atoms with van der Waals surface area (Å²) in [6.07, 6.45) is -3.57. The summed E-state index contributed by atoms with van der Waals surface area (Å²) in [5.74, 6) is 0.598. The lowest BCUT2D eigenvalue weighted by molar-refractivity contribution is -0.140. The number of rotatable bonds is 2. The number of hydrogen-bond acceptors (Lipinski definition) is 3. The summed E-state index contributed by atoms with van der Waals surface area (Å²) in [7, 11) is 0. The normalized spacial score (nSPS) is 36.0. The van der Waals surface area contributed by atoms with Crippen molar-refractivity contribution in [2.45, 2.75) is 37.4 Å². The smallest absolute Gasteiger partial charge is 0.416 e. The maximum atomic E-state index is 13.2. The Morgan fingerprint density at radius 1 is 1.25 bits per heavy atom. The number of likely N-dealkylation sites (tertiary alicyclic amines) is 1. The van der Waals surface area contributed by atoms with Gasteiger partial charge in [0.1, 0.15) is 6.61 Å². The molecule has 1 aromatic carbocycles. The Bertz CT molecular complexity index is 851. The van der Waals surface area contributed by atoms with Crippen molar-refractivity contribution < 1.29 is 27.5 Å². The molecule has 5 nitrogen and oxygen atoms in total. The summed E-state index contributed by atoms with van der Waals surface area (Å²) in [5.41, 5.74) is 0.0241. The minimum Gasteiger partial charge on any atom is -0.447 e. The van der Waals surface area contributed by atoms with Gasteiger partial charge in [-0.05, 0) is 54.7 Å². The van der Waals surface area contributed by atoms with Gasteiger partial charge in [-0.2, -0.15) is 13.2 Å². The number of carbonyl (C=O) groups excluding carboxylic acids is 2. The number of fused-ring (bicyclic) bond motifs is 1. The minimum atomic E-state index is -4.34. The molecular weight excluding hydrogens is 373 g/mol. The summed E-state index contributed by atoms with van der Waals surface area (Å²) in [5, 5.41) is 2.79. The first-order chi connectivity index (χ1) is 13.2. The standard InChI is InChI=1S/C20H21F3N2O3/c1-10-2-3-11(4-15(10)20(21,22)23)16-13-7-25(8-14(13)16)17(26)12-5-19(6-12)9-28-18(27)24-19/h2-4,12-14,16H,5-9H2,1H3,(H,24,27)/t12?,13-,14+,16-,19?. The van der Waals surface area contributed by atoms with E-state index in [-0.39, 0.29) is 40.7 Å². The number of nitrogens with zero attached hydrogens (tertiary/aromatic N) is 1. The van der Waals surface area contributed by atoms with Crippen LogP contribution >= 0.6 is 0 Å². The first-order valence-electron chi connectivity index (χ1n) is 9.58. The molecule has 2 saturated carbocycles. The molecule has 2 saturated heterocycles. The first kappa shape index (κ1) is 17.8. The topological polar surface area (TPSA) is 58.6 Å². The van der Waals surface area contributed by atoms with E-state index >= 15 is 0 Å². The number of alkyl carbamates (subject to hydrolysis) is 1. The van der Waals surface area contributed by atoms with Crippen LogP contribution in [0.4, 0.5) is 18.0 Å². The van der Waals surface area contributed by atoms with Crippen LogP contribution in [0.15, 0.2) is 18.2 Å². The molecule has 8 heteroatoms. The van der Waals surface area contributed by atoms with Crippen molar-refractivity contribution in [3.63, 3.8) is 0 Å². The zero-order valence-corrected chi connectivity index (χ0v) is 15.4. The average Bonchev–Trinajstić information content (AvgIpc) is 2.93. The summed E-state index contributed by atoms with van der Waals surface area (Å²) >= 11 is 0. The van der Waals surface area contributed by atoms with E-state index < -0.39 is 17.8 Å². The number of benzene rings is 1. The highest BCUT2D eigenvalue weighted by atomic mass is 19.4. The SMILES string of the molecule is Cc1ccc([C@@H]2[C@@H]3CN(C(=O)C4CC5(COC(=O)N5)C4)C[C@@H]32)cc1C(F)(F)F. The Labute approximate surface area is 160 Å². The molecule has 150 valence electrons. The number of halogens is 3. The predicted octanol–water partition coefficient (Wildman–Crippen LogP) is 3.07. The molecule has 2 heterocycles. The Morgan fingerprint density at radius 2 is 1.93 bits per heavy atom. The van der Waals surface area contributed by atoms with Gasteiger partial charge < -0.3 is 15.0 Å². The zero-order chi connectivity index (χ0) is 19.8. The van der Waals surface area contributed by atoms with E-state index in [9.17, 15) is 22.8 Å². The lowest BCUT2D eigenvalue weighted by atomic mass is 9.68. The van der Waals surface area contributed by atoms with Gasteiger partial charge in [-0.3, -0.25) is 4.79 Å². The number of amides is 2. The quantitative estimate of drug-likeness (QED) is 0.839. The molecular formula is C20H21F3N2O3. The van der Waals surface area contributed by atoms with Crippen LogP contribution in [0.25, 0.3) is 0 Å². The number of cyclic esters (lactones) is 1. The van der Waals surface area contributed by atoms with Crippen molar-refractivity contribution in [1.82, 2.24) is 10.2 Å². The fourth-order valence-electron chi connectivity index (χ4n) is 5.38. The van der Waals surface area contributed by atoms with Crippen LogP contribution < -0.4 is 5.32 Å². The number of hydrogen-bond donors (Lipinski definition) is 1. The van der Waals surface area contributed by atoms with Crippen molar-refractivity contribution >= 4 is 12.0 Å². The molecule has 5 rings (SSSR count). The Morgan fingerprint density at radius 3 is 2.50 bits per heavy atom. The molecule has 2 amide bonds. The number of ether oxygens (including phenoxy) is 1. The van der Waals surface area contributed by atoms with Crippen molar-refractivity contribution in [3.05, 3.63) is 34.9 Å². The zero-order valence-electron chi connectivity index (χ0n) is 15.4. The number of piperidine rings is 1. The van der Waals surface area contributed by atoms with Gasteiger partial charge in [-0.1, -0.05) is 12.1 Å². The van der Waals surface area contributed by atoms with Crippen LogP contribution in [0, 0.1) is 24.7 Å². The number of alkyl halides is 3. The number of aryl methyl sites for hydroxylation is 1. The van der Waals surface area contributed by atoms with Gasteiger partial charge in [0.25, 0.3) is 0 Å². The number of carbonyl (C=O) groups is 2. The van der Waals surface area contributed by atoms with Crippen LogP contribution in [0.2, 0.25) is 0 Å². The van der Waals surface area contributed by atoms with Gasteiger partial charge in [0.2, 0.25) is 5.91 Å². The average molecular weight is 394 g/mol. The number of nitrogens with one attached hydrogen (secondary N) is 1. The maximum absolute atomic E-state index is 13.2. The van der Waals surface area contributed by atoms with Crippen molar-refractivity contribution in [3.8, 4) is 0 Å². The van der Waals surface area contributed by atoms with E-state index in [1.807, 2.05) is 4.90 Å². The van der Waals surface area contributed by atoms with Gasteiger partial charge in [-0.25, -0.2) is 4.79 Å². The molecule has 2 aliphatic carbocycles. The largest absolute Gasteiger partial charge is 0.447 e. The van der Waals surface area contributed by atoms with E-state index in [0.29, 0.717) is 32.5 Å². The monoisotopic (exact) mass is 394 g/mol. The molecule has 0 aromatic heterocycles. The van der Waals surface area contributed by atoms with Crippen LogP contribution in [0.1, 0.15) is 35.4 Å². The molecule has 0 bridgehead atoms. The van der Waals surface area contributed by atoms with E-state index in [1.54, 1.807) is 12.1 Å². The second-order valence-corrected chi connectivity index (χ2v) is 8.76. The molecule has 1 N–H and O–H groups in total. The lowest BCUT2D eigenvalue weighted by Gasteiger charge is -2.43. The third kappa shape index (κ3) is 2.68. The highest BCUT2D eigenvalue weighted by Crippen LogP contribution is 2.59. The van der Waals surface area contributed by atoms with E-state index in [4.69, 9.17) is 4.74 Å². The van der Waals surface area contributed by atoms with Gasteiger partial charge in [0, 0.05) is 19.0 Å². The maximum Gasteiger partial charge on any atom is 0.416 e. The van der Waals surface area contributed by atoms with Crippen LogP contribution in [0.3, 0.4) is 0 Å². The predicted molar refractivity (Wildman–Crippen MR) is 92.4 cm³/mol. The molecule has 28 heavy (non-hydrogen) atoms. The molecule has 4 fully saturated rings. The molecule has 1 spiro atoms. The molecule has 0 unspecified atom stereocenters. The molecule has 0 radical (unpaired) electrons. The fourth-order valence-corrected chi connectivity index (χ4v) is 5.38. The fraction of sp³-hybridized carbons (Fsp3) is 0.600. The lowest BCUT2D eigenvalue weighted by Crippen LogP contribution is -2.58. The Kier molecular flexibility index (Phi) is 3.59. The van der Waals surface area contributed by atoms with Crippen molar-refractivity contribution in [2.75, 3.05) is 19.7 Å².